The van der Waals surface area contributed by atoms with E-state index in [1.807, 2.05) is 36.9 Å². The molecule has 25 heavy (non-hydrogen) atoms. The van der Waals surface area contributed by atoms with E-state index >= 15 is 0 Å². The summed E-state index contributed by atoms with van der Waals surface area (Å²) < 4.78 is 0.991. The number of anilines is 1. The third-order valence-corrected chi connectivity index (χ3v) is 4.35. The van der Waals surface area contributed by atoms with Gasteiger partial charge in [0.25, 0.3) is 0 Å². The fraction of sp³-hybridized carbons (Fsp3) is 0.529. The van der Waals surface area contributed by atoms with Crippen LogP contribution in [0.2, 0.25) is 0 Å². The number of aliphatic imine (C=N–C) groups is 1. The van der Waals surface area contributed by atoms with E-state index in [0.717, 1.165) is 41.2 Å². The first kappa shape index (κ1) is 22.2. The van der Waals surface area contributed by atoms with Gasteiger partial charge >= 0.3 is 0 Å². The normalized spacial score (nSPS) is 17.2. The predicted octanol–water partition coefficient (Wildman–Crippen LogP) is 2.74. The van der Waals surface area contributed by atoms with Crippen molar-refractivity contribution < 1.29 is 9.90 Å². The molecular formula is C17H26BrIN4O2. The average molecular weight is 525 g/mol. The Labute approximate surface area is 174 Å². The van der Waals surface area contributed by atoms with Crippen LogP contribution in [-0.4, -0.2) is 54.2 Å². The zero-order chi connectivity index (χ0) is 17.5. The summed E-state index contributed by atoms with van der Waals surface area (Å²) in [5.41, 5.74) is 1.84. The molecular weight excluding hydrogens is 499 g/mol. The van der Waals surface area contributed by atoms with Gasteiger partial charge < -0.3 is 20.6 Å². The number of carbonyl (C=O) groups excluding carboxylic acids is 1. The molecule has 2 rings (SSSR count). The lowest BCUT2D eigenvalue weighted by Gasteiger charge is -2.20. The second-order valence-electron chi connectivity index (χ2n) is 5.88. The number of likely N-dealkylation sites (tertiary alicyclic amines) is 1. The summed E-state index contributed by atoms with van der Waals surface area (Å²) in [5, 5.41) is 15.8. The van der Waals surface area contributed by atoms with Crippen molar-refractivity contribution in [3.8, 4) is 0 Å². The SMILES string of the molecule is CCNC(=NCCC(=O)Nc1ccc(Br)cc1C)N1CC[C@@H](O)C1.I. The number of nitrogens with zero attached hydrogens (tertiary/aromatic N) is 2. The second-order valence-corrected chi connectivity index (χ2v) is 6.80. The largest absolute Gasteiger partial charge is 0.391 e. The predicted molar refractivity (Wildman–Crippen MR) is 116 cm³/mol. The van der Waals surface area contributed by atoms with E-state index in [1.165, 1.54) is 0 Å². The highest BCUT2D eigenvalue weighted by molar-refractivity contribution is 14.0. The van der Waals surface area contributed by atoms with E-state index < -0.39 is 0 Å². The minimum Gasteiger partial charge on any atom is -0.391 e. The van der Waals surface area contributed by atoms with Gasteiger partial charge in [0, 0.05) is 36.2 Å². The van der Waals surface area contributed by atoms with Crippen LogP contribution >= 0.6 is 39.9 Å². The number of rotatable bonds is 5. The molecule has 1 saturated heterocycles. The monoisotopic (exact) mass is 524 g/mol. The maximum Gasteiger partial charge on any atom is 0.226 e. The molecule has 8 heteroatoms. The van der Waals surface area contributed by atoms with Crippen molar-refractivity contribution in [1.29, 1.82) is 0 Å². The Morgan fingerprint density at radius 3 is 2.84 bits per heavy atom. The van der Waals surface area contributed by atoms with Crippen molar-refractivity contribution in [3.05, 3.63) is 28.2 Å². The van der Waals surface area contributed by atoms with Crippen LogP contribution in [0, 0.1) is 6.92 Å². The van der Waals surface area contributed by atoms with Crippen molar-refractivity contribution >= 4 is 57.5 Å². The molecule has 0 aromatic heterocycles. The van der Waals surface area contributed by atoms with E-state index in [1.54, 1.807) is 0 Å². The van der Waals surface area contributed by atoms with Crippen LogP contribution < -0.4 is 10.6 Å². The van der Waals surface area contributed by atoms with E-state index in [2.05, 4.69) is 31.6 Å². The fourth-order valence-corrected chi connectivity index (χ4v) is 3.08. The Hall–Kier alpha value is -0.870. The molecule has 1 fully saturated rings. The lowest BCUT2D eigenvalue weighted by molar-refractivity contribution is -0.116. The van der Waals surface area contributed by atoms with Crippen LogP contribution in [0.4, 0.5) is 5.69 Å². The quantitative estimate of drug-likeness (QED) is 0.314. The lowest BCUT2D eigenvalue weighted by Crippen LogP contribution is -2.40. The summed E-state index contributed by atoms with van der Waals surface area (Å²) in [6, 6.07) is 5.76. The van der Waals surface area contributed by atoms with Crippen LogP contribution in [0.25, 0.3) is 0 Å². The lowest BCUT2D eigenvalue weighted by atomic mass is 10.2. The van der Waals surface area contributed by atoms with E-state index in [0.29, 0.717) is 19.5 Å². The number of hydrogen-bond acceptors (Lipinski definition) is 3. The summed E-state index contributed by atoms with van der Waals surface area (Å²) in [5.74, 6) is 0.711. The molecule has 0 radical (unpaired) electrons. The van der Waals surface area contributed by atoms with Crippen molar-refractivity contribution in [2.75, 3.05) is 31.5 Å². The number of carbonyl (C=O) groups is 1. The number of aryl methyl sites for hydroxylation is 1. The Kier molecular flexibility index (Phi) is 9.73. The summed E-state index contributed by atoms with van der Waals surface area (Å²) >= 11 is 3.41. The Morgan fingerprint density at radius 1 is 1.48 bits per heavy atom. The van der Waals surface area contributed by atoms with Crippen molar-refractivity contribution in [2.24, 2.45) is 4.99 Å². The molecule has 1 aliphatic heterocycles. The third-order valence-electron chi connectivity index (χ3n) is 3.86. The summed E-state index contributed by atoms with van der Waals surface area (Å²) in [6.07, 6.45) is 0.784. The number of benzene rings is 1. The minimum absolute atomic E-state index is 0. The van der Waals surface area contributed by atoms with Crippen LogP contribution in [0.15, 0.2) is 27.7 Å². The van der Waals surface area contributed by atoms with Gasteiger partial charge in [-0.2, -0.15) is 0 Å². The van der Waals surface area contributed by atoms with E-state index in [4.69, 9.17) is 0 Å². The van der Waals surface area contributed by atoms with Crippen molar-refractivity contribution in [3.63, 3.8) is 0 Å². The van der Waals surface area contributed by atoms with Crippen LogP contribution in [0.5, 0.6) is 0 Å². The molecule has 1 heterocycles. The molecule has 6 nitrogen and oxygen atoms in total. The molecule has 0 bridgehead atoms. The summed E-state index contributed by atoms with van der Waals surface area (Å²) in [4.78, 5) is 18.6. The molecule has 0 unspecified atom stereocenters. The fourth-order valence-electron chi connectivity index (χ4n) is 2.60. The highest BCUT2D eigenvalue weighted by Gasteiger charge is 2.22. The van der Waals surface area contributed by atoms with E-state index in [-0.39, 0.29) is 36.0 Å². The number of aliphatic hydroxyl groups excluding tert-OH is 1. The standard InChI is InChI=1S/C17H25BrN4O2.HI/c1-3-19-17(22-9-7-14(23)11-22)20-8-6-16(24)21-15-5-4-13(18)10-12(15)2;/h4-5,10,14,23H,3,6-9,11H2,1-2H3,(H,19,20)(H,21,24);1H/t14-;/m1./s1. The number of nitrogens with one attached hydrogen (secondary N) is 2. The Morgan fingerprint density at radius 2 is 2.24 bits per heavy atom. The van der Waals surface area contributed by atoms with Gasteiger partial charge in [0.2, 0.25) is 5.91 Å². The molecule has 0 spiro atoms. The van der Waals surface area contributed by atoms with Gasteiger partial charge in [0.05, 0.1) is 12.6 Å². The first-order valence-electron chi connectivity index (χ1n) is 8.27. The molecule has 1 atom stereocenters. The van der Waals surface area contributed by atoms with Crippen LogP contribution in [0.1, 0.15) is 25.3 Å². The minimum atomic E-state index is -0.294. The molecule has 1 amide bonds. The first-order chi connectivity index (χ1) is 11.5. The molecule has 0 aliphatic carbocycles. The number of halogens is 2. The molecule has 1 aromatic rings. The molecule has 3 N–H and O–H groups in total. The van der Waals surface area contributed by atoms with Gasteiger partial charge in [0.15, 0.2) is 5.96 Å². The van der Waals surface area contributed by atoms with E-state index in [9.17, 15) is 9.90 Å². The third kappa shape index (κ3) is 7.10. The number of β-amino-alcohol motifs (C(OH)–C–C–N with tert-alkyl or cyclic N) is 1. The molecule has 1 aromatic carbocycles. The van der Waals surface area contributed by atoms with Crippen molar-refractivity contribution in [1.82, 2.24) is 10.2 Å². The van der Waals surface area contributed by atoms with Crippen LogP contribution in [-0.2, 0) is 4.79 Å². The number of guanidine groups is 1. The van der Waals surface area contributed by atoms with Gasteiger partial charge in [-0.1, -0.05) is 15.9 Å². The topological polar surface area (TPSA) is 77.0 Å². The summed E-state index contributed by atoms with van der Waals surface area (Å²) in [6.45, 7) is 6.52. The number of aliphatic hydroxyl groups is 1. The zero-order valence-corrected chi connectivity index (χ0v) is 18.5. The Balaban J connectivity index is 0.00000312. The highest BCUT2D eigenvalue weighted by atomic mass is 127. The van der Waals surface area contributed by atoms with Gasteiger partial charge in [-0.3, -0.25) is 9.79 Å². The first-order valence-corrected chi connectivity index (χ1v) is 9.06. The molecule has 1 aliphatic rings. The Bertz CT molecular complexity index is 612. The summed E-state index contributed by atoms with van der Waals surface area (Å²) in [7, 11) is 0. The highest BCUT2D eigenvalue weighted by Crippen LogP contribution is 2.20. The maximum atomic E-state index is 12.1. The van der Waals surface area contributed by atoms with Gasteiger partial charge in [-0.15, -0.1) is 24.0 Å². The average Bonchev–Trinajstić information content (AvgIpc) is 2.96. The van der Waals surface area contributed by atoms with Crippen LogP contribution in [0.3, 0.4) is 0 Å². The van der Waals surface area contributed by atoms with Gasteiger partial charge in [0.1, 0.15) is 0 Å². The maximum absolute atomic E-state index is 12.1. The number of amides is 1. The van der Waals surface area contributed by atoms with Gasteiger partial charge in [-0.05, 0) is 44.0 Å². The van der Waals surface area contributed by atoms with Crippen molar-refractivity contribution in [2.45, 2.75) is 32.8 Å². The second kappa shape index (κ2) is 11.0. The number of hydrogen-bond donors (Lipinski definition) is 3. The molecule has 0 saturated carbocycles. The zero-order valence-electron chi connectivity index (χ0n) is 14.6. The van der Waals surface area contributed by atoms with Gasteiger partial charge in [-0.25, -0.2) is 0 Å². The molecule has 140 valence electrons. The smallest absolute Gasteiger partial charge is 0.226 e.